The SMILES string of the molecule is Nc1cc(Cl)c(Nc2ccc(F)cc2Cl)c(C(=O)O)c1. The van der Waals surface area contributed by atoms with E-state index in [0.29, 0.717) is 5.69 Å². The van der Waals surface area contributed by atoms with Crippen LogP contribution in [-0.2, 0) is 0 Å². The van der Waals surface area contributed by atoms with Gasteiger partial charge in [0, 0.05) is 5.69 Å². The maximum atomic E-state index is 13.0. The molecular formula is C13H9Cl2FN2O2. The third-order valence-corrected chi connectivity index (χ3v) is 3.14. The van der Waals surface area contributed by atoms with E-state index in [1.54, 1.807) is 0 Å². The van der Waals surface area contributed by atoms with Gasteiger partial charge in [0.05, 0.1) is 27.0 Å². The fraction of sp³-hybridized carbons (Fsp3) is 0. The van der Waals surface area contributed by atoms with Gasteiger partial charge in [-0.3, -0.25) is 0 Å². The van der Waals surface area contributed by atoms with E-state index in [1.165, 1.54) is 24.3 Å². The van der Waals surface area contributed by atoms with E-state index in [-0.39, 0.29) is 27.0 Å². The number of halogens is 3. The summed E-state index contributed by atoms with van der Waals surface area (Å²) in [5.74, 6) is -1.69. The minimum absolute atomic E-state index is 0.101. The number of carbonyl (C=O) groups is 1. The number of hydrogen-bond acceptors (Lipinski definition) is 3. The van der Waals surface area contributed by atoms with Gasteiger partial charge in [-0.1, -0.05) is 23.2 Å². The highest BCUT2D eigenvalue weighted by Crippen LogP contribution is 2.34. The number of aromatic carboxylic acids is 1. The molecule has 20 heavy (non-hydrogen) atoms. The Labute approximate surface area is 123 Å². The average Bonchev–Trinajstić information content (AvgIpc) is 2.34. The third-order valence-electron chi connectivity index (χ3n) is 2.53. The van der Waals surface area contributed by atoms with Crippen molar-refractivity contribution in [2.45, 2.75) is 0 Å². The topological polar surface area (TPSA) is 75.3 Å². The van der Waals surface area contributed by atoms with Gasteiger partial charge in [0.25, 0.3) is 0 Å². The van der Waals surface area contributed by atoms with Crippen LogP contribution in [0.1, 0.15) is 10.4 Å². The number of benzene rings is 2. The summed E-state index contributed by atoms with van der Waals surface area (Å²) in [5.41, 5.74) is 6.16. The summed E-state index contributed by atoms with van der Waals surface area (Å²) in [6.45, 7) is 0. The van der Waals surface area contributed by atoms with Crippen molar-refractivity contribution in [3.8, 4) is 0 Å². The number of nitrogen functional groups attached to an aromatic ring is 1. The molecule has 0 bridgehead atoms. The Hall–Kier alpha value is -1.98. The summed E-state index contributed by atoms with van der Waals surface area (Å²) < 4.78 is 13.0. The highest BCUT2D eigenvalue weighted by atomic mass is 35.5. The normalized spacial score (nSPS) is 10.3. The monoisotopic (exact) mass is 314 g/mol. The first-order chi connectivity index (χ1) is 9.38. The molecule has 0 fully saturated rings. The summed E-state index contributed by atoms with van der Waals surface area (Å²) in [4.78, 5) is 11.2. The molecule has 0 radical (unpaired) electrons. The number of nitrogens with one attached hydrogen (secondary N) is 1. The quantitative estimate of drug-likeness (QED) is 0.744. The molecule has 0 aliphatic heterocycles. The van der Waals surface area contributed by atoms with Crippen LogP contribution in [0.5, 0.6) is 0 Å². The lowest BCUT2D eigenvalue weighted by atomic mass is 10.1. The molecule has 0 aliphatic rings. The third kappa shape index (κ3) is 2.95. The van der Waals surface area contributed by atoms with Crippen LogP contribution < -0.4 is 11.1 Å². The molecular weight excluding hydrogens is 306 g/mol. The summed E-state index contributed by atoms with van der Waals surface area (Å²) in [7, 11) is 0. The van der Waals surface area contributed by atoms with Crippen molar-refractivity contribution in [2.24, 2.45) is 0 Å². The van der Waals surface area contributed by atoms with E-state index in [1.807, 2.05) is 0 Å². The Kier molecular flexibility index (Phi) is 4.01. The van der Waals surface area contributed by atoms with Crippen LogP contribution in [0.4, 0.5) is 21.5 Å². The molecule has 2 rings (SSSR count). The first-order valence-corrected chi connectivity index (χ1v) is 6.18. The number of anilines is 3. The van der Waals surface area contributed by atoms with E-state index in [0.717, 1.165) is 6.07 Å². The van der Waals surface area contributed by atoms with Gasteiger partial charge in [-0.2, -0.15) is 0 Å². The number of hydrogen-bond donors (Lipinski definition) is 3. The Morgan fingerprint density at radius 3 is 2.50 bits per heavy atom. The van der Waals surface area contributed by atoms with E-state index >= 15 is 0 Å². The zero-order valence-corrected chi connectivity index (χ0v) is 11.5. The first-order valence-electron chi connectivity index (χ1n) is 5.43. The smallest absolute Gasteiger partial charge is 0.337 e. The van der Waals surface area contributed by atoms with E-state index in [2.05, 4.69) is 5.32 Å². The average molecular weight is 315 g/mol. The molecule has 0 aliphatic carbocycles. The van der Waals surface area contributed by atoms with Crippen molar-refractivity contribution < 1.29 is 14.3 Å². The van der Waals surface area contributed by atoms with Crippen LogP contribution >= 0.6 is 23.2 Å². The van der Waals surface area contributed by atoms with Gasteiger partial charge in [0.1, 0.15) is 5.82 Å². The van der Waals surface area contributed by atoms with Crippen molar-refractivity contribution >= 4 is 46.2 Å². The zero-order valence-electron chi connectivity index (χ0n) is 9.95. The molecule has 104 valence electrons. The zero-order chi connectivity index (χ0) is 14.9. The molecule has 4 nitrogen and oxygen atoms in total. The Balaban J connectivity index is 2.50. The molecule has 2 aromatic carbocycles. The molecule has 0 aromatic heterocycles. The molecule has 4 N–H and O–H groups in total. The van der Waals surface area contributed by atoms with Gasteiger partial charge >= 0.3 is 5.97 Å². The number of carboxylic acids is 1. The molecule has 0 saturated heterocycles. The van der Waals surface area contributed by atoms with Crippen molar-refractivity contribution in [1.29, 1.82) is 0 Å². The van der Waals surface area contributed by atoms with E-state index < -0.39 is 11.8 Å². The largest absolute Gasteiger partial charge is 0.478 e. The lowest BCUT2D eigenvalue weighted by Crippen LogP contribution is -2.05. The molecule has 0 amide bonds. The number of carboxylic acid groups (broad SMARTS) is 1. The molecule has 0 spiro atoms. The highest BCUT2D eigenvalue weighted by molar-refractivity contribution is 6.35. The summed E-state index contributed by atoms with van der Waals surface area (Å²) >= 11 is 11.9. The molecule has 2 aromatic rings. The second-order valence-electron chi connectivity index (χ2n) is 3.98. The minimum Gasteiger partial charge on any atom is -0.478 e. The van der Waals surface area contributed by atoms with Crippen LogP contribution in [0, 0.1) is 5.82 Å². The van der Waals surface area contributed by atoms with Gasteiger partial charge in [-0.05, 0) is 30.3 Å². The van der Waals surface area contributed by atoms with Gasteiger partial charge in [-0.15, -0.1) is 0 Å². The minimum atomic E-state index is -1.19. The Bertz CT molecular complexity index is 692. The predicted octanol–water partition coefficient (Wildman–Crippen LogP) is 4.16. The van der Waals surface area contributed by atoms with Gasteiger partial charge in [0.15, 0.2) is 0 Å². The Morgan fingerprint density at radius 1 is 1.20 bits per heavy atom. The molecule has 0 saturated carbocycles. The van der Waals surface area contributed by atoms with Crippen molar-refractivity contribution in [3.63, 3.8) is 0 Å². The first kappa shape index (κ1) is 14.4. The summed E-state index contributed by atoms with van der Waals surface area (Å²) in [6, 6.07) is 6.37. The van der Waals surface area contributed by atoms with Crippen molar-refractivity contribution in [3.05, 3.63) is 51.8 Å². The van der Waals surface area contributed by atoms with Crippen LogP contribution in [0.25, 0.3) is 0 Å². The van der Waals surface area contributed by atoms with Crippen LogP contribution in [0.3, 0.4) is 0 Å². The summed E-state index contributed by atoms with van der Waals surface area (Å²) in [6.07, 6.45) is 0. The fourth-order valence-corrected chi connectivity index (χ4v) is 2.14. The second-order valence-corrected chi connectivity index (χ2v) is 4.79. The Morgan fingerprint density at radius 2 is 1.90 bits per heavy atom. The van der Waals surface area contributed by atoms with E-state index in [4.69, 9.17) is 34.0 Å². The lowest BCUT2D eigenvalue weighted by Gasteiger charge is -2.13. The molecule has 0 atom stereocenters. The number of rotatable bonds is 3. The fourth-order valence-electron chi connectivity index (χ4n) is 1.65. The second kappa shape index (κ2) is 5.56. The van der Waals surface area contributed by atoms with E-state index in [9.17, 15) is 9.18 Å². The van der Waals surface area contributed by atoms with Crippen molar-refractivity contribution in [1.82, 2.24) is 0 Å². The maximum Gasteiger partial charge on any atom is 0.337 e. The van der Waals surface area contributed by atoms with Crippen LogP contribution in [0.15, 0.2) is 30.3 Å². The van der Waals surface area contributed by atoms with Crippen LogP contribution in [-0.4, -0.2) is 11.1 Å². The summed E-state index contributed by atoms with van der Waals surface area (Å²) in [5, 5.41) is 12.2. The lowest BCUT2D eigenvalue weighted by molar-refractivity contribution is 0.0698. The van der Waals surface area contributed by atoms with Crippen molar-refractivity contribution in [2.75, 3.05) is 11.1 Å². The number of nitrogens with two attached hydrogens (primary N) is 1. The van der Waals surface area contributed by atoms with Crippen LogP contribution in [0.2, 0.25) is 10.0 Å². The van der Waals surface area contributed by atoms with Gasteiger partial charge in [0.2, 0.25) is 0 Å². The predicted molar refractivity (Wildman–Crippen MR) is 77.5 cm³/mol. The van der Waals surface area contributed by atoms with Gasteiger partial charge in [-0.25, -0.2) is 9.18 Å². The molecule has 0 unspecified atom stereocenters. The maximum absolute atomic E-state index is 13.0. The molecule has 7 heteroatoms. The highest BCUT2D eigenvalue weighted by Gasteiger charge is 2.16. The standard InChI is InChI=1S/C13H9Cl2FN2O2/c14-9-3-6(16)1-2-11(9)18-12-8(13(19)20)4-7(17)5-10(12)15/h1-5,18H,17H2,(H,19,20). The van der Waals surface area contributed by atoms with Gasteiger partial charge < -0.3 is 16.2 Å². The molecule has 0 heterocycles.